The number of fused-ring (bicyclic) bond motifs is 14. The van der Waals surface area contributed by atoms with E-state index in [0.717, 1.165) is 17.1 Å². The molecule has 0 aliphatic rings. The van der Waals surface area contributed by atoms with Gasteiger partial charge in [-0.15, -0.1) is 0 Å². The summed E-state index contributed by atoms with van der Waals surface area (Å²) < 4.78 is 9.57. The molecule has 0 saturated carbocycles. The lowest BCUT2D eigenvalue weighted by Crippen LogP contribution is -1.94. The zero-order valence-corrected chi connectivity index (χ0v) is 55.7. The predicted molar refractivity (Wildman–Crippen MR) is 432 cm³/mol. The molecule has 0 bridgehead atoms. The van der Waals surface area contributed by atoms with Crippen molar-refractivity contribution in [1.29, 1.82) is 0 Å². The first kappa shape index (κ1) is 58.6. The Morgan fingerprint density at radius 3 is 0.706 bits per heavy atom. The van der Waals surface area contributed by atoms with Gasteiger partial charge in [-0.1, -0.05) is 267 Å². The first-order valence-corrected chi connectivity index (χ1v) is 35.1. The van der Waals surface area contributed by atoms with Crippen LogP contribution < -0.4 is 0 Å². The van der Waals surface area contributed by atoms with Gasteiger partial charge in [-0.3, -0.25) is 0 Å². The van der Waals surface area contributed by atoms with E-state index in [1.807, 2.05) is 0 Å². The molecule has 4 heterocycles. The lowest BCUT2D eigenvalue weighted by Gasteiger charge is -2.11. The highest BCUT2D eigenvalue weighted by Gasteiger charge is 2.20. The molecular formula is C98H64N4. The van der Waals surface area contributed by atoms with Gasteiger partial charge in [-0.05, 0) is 199 Å². The van der Waals surface area contributed by atoms with Crippen molar-refractivity contribution in [3.05, 3.63) is 388 Å². The van der Waals surface area contributed by atoms with Crippen molar-refractivity contribution in [2.45, 2.75) is 0 Å². The summed E-state index contributed by atoms with van der Waals surface area (Å²) in [5, 5.41) is 15.1. The summed E-state index contributed by atoms with van der Waals surface area (Å²) in [5.41, 5.74) is 26.6. The van der Waals surface area contributed by atoms with Gasteiger partial charge < -0.3 is 18.3 Å². The standard InChI is InChI=1S/C52H34N2.C46H30N2/c1-2-11-35(12-3-1)36-21-27-41(28-22-36)53-49-19-8-6-16-45(49)47-33-39(25-31-51(47)53)40-26-32-52-48(34-40)46-17-7-9-20-50(46)54(52)42-29-23-38(24-30-42)44-18-10-14-37-13-4-5-15-43(37)44;1-2-13-35(14-3-1)47-43-19-8-6-16-39(43)41-29-33(23-27-45(41)47)34-24-28-46-42(30-34)40-17-7-9-20-44(40)48(46)36-25-21-32(22-26-36)38-18-10-12-31-11-4-5-15-37(31)38/h1-34H;1-30H. The van der Waals surface area contributed by atoms with E-state index in [9.17, 15) is 0 Å². The second-order valence-electron chi connectivity index (χ2n) is 26.7. The van der Waals surface area contributed by atoms with Crippen LogP contribution in [0, 0.1) is 0 Å². The molecule has 4 aromatic heterocycles. The number of aromatic nitrogens is 4. The maximum absolute atomic E-state index is 2.40. The zero-order valence-electron chi connectivity index (χ0n) is 55.7. The Bertz CT molecular complexity index is 6820. The predicted octanol–water partition coefficient (Wildman–Crippen LogP) is 26.4. The molecule has 0 aliphatic heterocycles. The molecule has 0 spiro atoms. The highest BCUT2D eigenvalue weighted by molar-refractivity contribution is 6.15. The molecule has 0 atom stereocenters. The third-order valence-corrected chi connectivity index (χ3v) is 21.1. The second-order valence-corrected chi connectivity index (χ2v) is 26.7. The highest BCUT2D eigenvalue weighted by atomic mass is 15.0. The Hall–Kier alpha value is -13.5. The fourth-order valence-electron chi connectivity index (χ4n) is 16.3. The average molecular weight is 1300 g/mol. The van der Waals surface area contributed by atoms with E-state index in [-0.39, 0.29) is 0 Å². The van der Waals surface area contributed by atoms with Crippen LogP contribution in [0.2, 0.25) is 0 Å². The molecule has 21 rings (SSSR count). The van der Waals surface area contributed by atoms with Crippen LogP contribution in [0.3, 0.4) is 0 Å². The van der Waals surface area contributed by atoms with Gasteiger partial charge in [0.05, 0.1) is 44.1 Å². The number of rotatable bonds is 9. The normalized spacial score (nSPS) is 11.7. The van der Waals surface area contributed by atoms with Crippen LogP contribution in [0.4, 0.5) is 0 Å². The van der Waals surface area contributed by atoms with Crippen molar-refractivity contribution in [2.75, 3.05) is 0 Å². The second kappa shape index (κ2) is 24.2. The average Bonchev–Trinajstić information content (AvgIpc) is 1.60. The molecule has 4 heteroatoms. The van der Waals surface area contributed by atoms with Crippen molar-refractivity contribution in [1.82, 2.24) is 18.3 Å². The molecule has 4 nitrogen and oxygen atoms in total. The van der Waals surface area contributed by atoms with Gasteiger partial charge in [0.25, 0.3) is 0 Å². The molecule has 476 valence electrons. The van der Waals surface area contributed by atoms with E-state index in [0.29, 0.717) is 0 Å². The Morgan fingerprint density at radius 2 is 0.363 bits per heavy atom. The van der Waals surface area contributed by atoms with Crippen LogP contribution in [0.1, 0.15) is 0 Å². The lowest BCUT2D eigenvalue weighted by atomic mass is 9.98. The van der Waals surface area contributed by atoms with Crippen LogP contribution >= 0.6 is 0 Å². The van der Waals surface area contributed by atoms with Crippen LogP contribution in [0.15, 0.2) is 388 Å². The van der Waals surface area contributed by atoms with Crippen molar-refractivity contribution in [3.63, 3.8) is 0 Å². The summed E-state index contributed by atoms with van der Waals surface area (Å²) in [5.74, 6) is 0. The van der Waals surface area contributed by atoms with Crippen LogP contribution in [0.5, 0.6) is 0 Å². The van der Waals surface area contributed by atoms with E-state index in [2.05, 4.69) is 407 Å². The molecule has 102 heavy (non-hydrogen) atoms. The highest BCUT2D eigenvalue weighted by Crippen LogP contribution is 2.43. The van der Waals surface area contributed by atoms with Gasteiger partial charge >= 0.3 is 0 Å². The first-order chi connectivity index (χ1) is 50.6. The van der Waals surface area contributed by atoms with Crippen molar-refractivity contribution in [2.24, 2.45) is 0 Å². The van der Waals surface area contributed by atoms with E-state index in [4.69, 9.17) is 0 Å². The molecule has 0 unspecified atom stereocenters. The Balaban J connectivity index is 0.000000138. The van der Waals surface area contributed by atoms with Crippen LogP contribution in [-0.4, -0.2) is 18.3 Å². The summed E-state index contributed by atoms with van der Waals surface area (Å²) in [6, 6.07) is 141. The van der Waals surface area contributed by atoms with E-state index in [1.165, 1.54) is 170 Å². The number of benzene rings is 17. The largest absolute Gasteiger partial charge is 0.309 e. The molecule has 0 amide bonds. The molecular weight excluding hydrogens is 1230 g/mol. The first-order valence-electron chi connectivity index (χ1n) is 35.1. The summed E-state index contributed by atoms with van der Waals surface area (Å²) in [6.45, 7) is 0. The SMILES string of the molecule is c1ccc(-c2ccc(-n3c4ccccc4c4cc(-c5ccc6c(c5)c5ccccc5n6-c5ccc(-c6cccc7ccccc67)cc5)ccc43)cc2)cc1.c1ccc(-n2c3ccccc3c3cc(-c4ccc5c(c4)c4ccccc4n5-c4ccc(-c5cccc6ccccc56)cc4)ccc32)cc1. The van der Waals surface area contributed by atoms with Gasteiger partial charge in [0, 0.05) is 65.8 Å². The molecule has 0 aliphatic carbocycles. The minimum Gasteiger partial charge on any atom is -0.309 e. The maximum atomic E-state index is 2.40. The lowest BCUT2D eigenvalue weighted by molar-refractivity contribution is 1.18. The van der Waals surface area contributed by atoms with Gasteiger partial charge in [-0.2, -0.15) is 0 Å². The molecule has 0 saturated heterocycles. The van der Waals surface area contributed by atoms with Crippen LogP contribution in [0.25, 0.3) is 187 Å². The van der Waals surface area contributed by atoms with Crippen molar-refractivity contribution < 1.29 is 0 Å². The maximum Gasteiger partial charge on any atom is 0.0541 e. The van der Waals surface area contributed by atoms with E-state index < -0.39 is 0 Å². The third kappa shape index (κ3) is 9.75. The number of nitrogens with zero attached hydrogens (tertiary/aromatic N) is 4. The summed E-state index contributed by atoms with van der Waals surface area (Å²) in [6.07, 6.45) is 0. The van der Waals surface area contributed by atoms with Crippen LogP contribution in [-0.2, 0) is 0 Å². The molecule has 0 radical (unpaired) electrons. The Kier molecular flexibility index (Phi) is 13.9. The topological polar surface area (TPSA) is 19.7 Å². The van der Waals surface area contributed by atoms with Gasteiger partial charge in [0.2, 0.25) is 0 Å². The molecule has 21 aromatic rings. The van der Waals surface area contributed by atoms with Crippen molar-refractivity contribution in [3.8, 4) is 78.4 Å². The third-order valence-electron chi connectivity index (χ3n) is 21.1. The minimum atomic E-state index is 1.16. The number of para-hydroxylation sites is 5. The minimum absolute atomic E-state index is 1.16. The monoisotopic (exact) mass is 1300 g/mol. The fraction of sp³-hybridized carbons (Fsp3) is 0. The summed E-state index contributed by atoms with van der Waals surface area (Å²) in [7, 11) is 0. The zero-order chi connectivity index (χ0) is 67.2. The fourth-order valence-corrected chi connectivity index (χ4v) is 16.3. The quantitative estimate of drug-likeness (QED) is 0.137. The molecule has 0 N–H and O–H groups in total. The molecule has 17 aromatic carbocycles. The Morgan fingerprint density at radius 1 is 0.127 bits per heavy atom. The summed E-state index contributed by atoms with van der Waals surface area (Å²) >= 11 is 0. The number of hydrogen-bond acceptors (Lipinski definition) is 0. The van der Waals surface area contributed by atoms with Gasteiger partial charge in [0.1, 0.15) is 0 Å². The van der Waals surface area contributed by atoms with E-state index >= 15 is 0 Å². The van der Waals surface area contributed by atoms with Crippen molar-refractivity contribution >= 4 is 109 Å². The summed E-state index contributed by atoms with van der Waals surface area (Å²) in [4.78, 5) is 0. The Labute approximate surface area is 590 Å². The van der Waals surface area contributed by atoms with Gasteiger partial charge in [0.15, 0.2) is 0 Å². The van der Waals surface area contributed by atoms with Gasteiger partial charge in [-0.25, -0.2) is 0 Å². The smallest absolute Gasteiger partial charge is 0.0541 e. The molecule has 0 fully saturated rings. The number of hydrogen-bond donors (Lipinski definition) is 0. The van der Waals surface area contributed by atoms with E-state index in [1.54, 1.807) is 0 Å².